The molecule has 0 unspecified atom stereocenters. The average Bonchev–Trinajstić information content (AvgIpc) is 2.34. The number of nitrogens with zero attached hydrogens (tertiary/aromatic N) is 1. The Labute approximate surface area is 119 Å². The lowest BCUT2D eigenvalue weighted by Crippen LogP contribution is -2.16. The van der Waals surface area contributed by atoms with Gasteiger partial charge in [0.15, 0.2) is 0 Å². The minimum Gasteiger partial charge on any atom is -0.312 e. The van der Waals surface area contributed by atoms with Crippen molar-refractivity contribution in [2.24, 2.45) is 5.92 Å². The highest BCUT2D eigenvalue weighted by Crippen LogP contribution is 2.25. The quantitative estimate of drug-likeness (QED) is 0.443. The fourth-order valence-electron chi connectivity index (χ4n) is 1.91. The van der Waals surface area contributed by atoms with Gasteiger partial charge in [0.1, 0.15) is 0 Å². The molecule has 1 N–H and O–H groups in total. The highest BCUT2D eigenvalue weighted by Gasteiger charge is 2.15. The van der Waals surface area contributed by atoms with Crippen molar-refractivity contribution in [2.45, 2.75) is 39.7 Å². The molecule has 0 amide bonds. The van der Waals surface area contributed by atoms with Gasteiger partial charge in [-0.05, 0) is 24.9 Å². The van der Waals surface area contributed by atoms with Gasteiger partial charge in [-0.3, -0.25) is 10.1 Å². The zero-order valence-corrected chi connectivity index (χ0v) is 12.2. The van der Waals surface area contributed by atoms with Crippen LogP contribution in [0.4, 0.5) is 5.69 Å². The van der Waals surface area contributed by atoms with Crippen LogP contribution in [0, 0.1) is 16.0 Å². The Morgan fingerprint density at radius 3 is 2.74 bits per heavy atom. The van der Waals surface area contributed by atoms with Gasteiger partial charge in [-0.15, -0.1) is 0 Å². The van der Waals surface area contributed by atoms with Crippen LogP contribution in [0.5, 0.6) is 0 Å². The number of nitro groups is 1. The van der Waals surface area contributed by atoms with Gasteiger partial charge in [-0.25, -0.2) is 0 Å². The summed E-state index contributed by atoms with van der Waals surface area (Å²) in [6.07, 6.45) is 3.47. The molecule has 1 aromatic rings. The molecule has 0 aliphatic carbocycles. The molecule has 0 aliphatic heterocycles. The highest BCUT2D eigenvalue weighted by atomic mass is 35.5. The molecule has 0 aromatic heterocycles. The molecule has 0 heterocycles. The molecular weight excluding hydrogens is 264 g/mol. The Morgan fingerprint density at radius 2 is 2.11 bits per heavy atom. The molecule has 1 rings (SSSR count). The summed E-state index contributed by atoms with van der Waals surface area (Å²) < 4.78 is 0. The number of rotatable bonds is 8. The number of nitro benzene ring substituents is 1. The van der Waals surface area contributed by atoms with Crippen molar-refractivity contribution >= 4 is 17.3 Å². The van der Waals surface area contributed by atoms with Gasteiger partial charge in [-0.1, -0.05) is 44.4 Å². The smallest absolute Gasteiger partial charge is 0.275 e. The van der Waals surface area contributed by atoms with E-state index in [4.69, 9.17) is 11.6 Å². The van der Waals surface area contributed by atoms with Crippen molar-refractivity contribution in [3.63, 3.8) is 0 Å². The van der Waals surface area contributed by atoms with E-state index in [-0.39, 0.29) is 10.6 Å². The summed E-state index contributed by atoms with van der Waals surface area (Å²) in [4.78, 5) is 10.5. The normalized spacial score (nSPS) is 10.9. The molecule has 0 bridgehead atoms. The molecule has 1 aromatic carbocycles. The number of nitrogens with one attached hydrogen (secondary N) is 1. The average molecular weight is 285 g/mol. The molecule has 0 spiro atoms. The minimum absolute atomic E-state index is 0.0854. The fraction of sp³-hybridized carbons (Fsp3) is 0.571. The summed E-state index contributed by atoms with van der Waals surface area (Å²) in [6.45, 7) is 5.72. The summed E-state index contributed by atoms with van der Waals surface area (Å²) >= 11 is 6.01. The Balaban J connectivity index is 2.43. The van der Waals surface area contributed by atoms with Crippen molar-refractivity contribution in [3.8, 4) is 0 Å². The molecule has 4 nitrogen and oxygen atoms in total. The van der Waals surface area contributed by atoms with Crippen molar-refractivity contribution < 1.29 is 4.92 Å². The third kappa shape index (κ3) is 5.57. The maximum atomic E-state index is 10.9. The first kappa shape index (κ1) is 15.9. The van der Waals surface area contributed by atoms with Crippen LogP contribution in [0.25, 0.3) is 0 Å². The third-order valence-corrected chi connectivity index (χ3v) is 3.33. The van der Waals surface area contributed by atoms with Crippen molar-refractivity contribution in [2.75, 3.05) is 6.54 Å². The SMILES string of the molecule is CC(C)CCCCNCc1c(Cl)cccc1[N+](=O)[O-]. The van der Waals surface area contributed by atoms with E-state index in [2.05, 4.69) is 19.2 Å². The van der Waals surface area contributed by atoms with Crippen LogP contribution in [0.1, 0.15) is 38.7 Å². The van der Waals surface area contributed by atoms with Crippen LogP contribution >= 0.6 is 11.6 Å². The van der Waals surface area contributed by atoms with E-state index < -0.39 is 0 Å². The predicted molar refractivity (Wildman–Crippen MR) is 78.5 cm³/mol. The maximum Gasteiger partial charge on any atom is 0.275 e. The molecule has 0 aliphatic rings. The van der Waals surface area contributed by atoms with Crippen LogP contribution in [-0.4, -0.2) is 11.5 Å². The van der Waals surface area contributed by atoms with Crippen LogP contribution < -0.4 is 5.32 Å². The summed E-state index contributed by atoms with van der Waals surface area (Å²) in [6, 6.07) is 4.78. The van der Waals surface area contributed by atoms with E-state index in [1.807, 2.05) is 0 Å². The van der Waals surface area contributed by atoms with Crippen LogP contribution in [0.3, 0.4) is 0 Å². The molecule has 0 radical (unpaired) electrons. The maximum absolute atomic E-state index is 10.9. The number of hydrogen-bond donors (Lipinski definition) is 1. The molecule has 19 heavy (non-hydrogen) atoms. The third-order valence-electron chi connectivity index (χ3n) is 2.98. The minimum atomic E-state index is -0.387. The van der Waals surface area contributed by atoms with Gasteiger partial charge in [0, 0.05) is 12.6 Å². The summed E-state index contributed by atoms with van der Waals surface area (Å²) in [5, 5.41) is 14.6. The van der Waals surface area contributed by atoms with Crippen LogP contribution in [-0.2, 0) is 6.54 Å². The molecule has 0 saturated carbocycles. The lowest BCUT2D eigenvalue weighted by molar-refractivity contribution is -0.385. The first-order valence-electron chi connectivity index (χ1n) is 6.65. The first-order valence-corrected chi connectivity index (χ1v) is 7.02. The molecule has 0 fully saturated rings. The van der Waals surface area contributed by atoms with Gasteiger partial charge in [0.05, 0.1) is 15.5 Å². The Kier molecular flexibility index (Phi) is 6.81. The number of benzene rings is 1. The van der Waals surface area contributed by atoms with E-state index >= 15 is 0 Å². The molecule has 106 valence electrons. The predicted octanol–water partition coefficient (Wildman–Crippen LogP) is 4.16. The van der Waals surface area contributed by atoms with Gasteiger partial charge in [-0.2, -0.15) is 0 Å². The molecular formula is C14H21ClN2O2. The number of hydrogen-bond acceptors (Lipinski definition) is 3. The van der Waals surface area contributed by atoms with E-state index in [0.29, 0.717) is 17.1 Å². The van der Waals surface area contributed by atoms with E-state index in [9.17, 15) is 10.1 Å². The monoisotopic (exact) mass is 284 g/mol. The fourth-order valence-corrected chi connectivity index (χ4v) is 2.15. The van der Waals surface area contributed by atoms with Crippen molar-refractivity contribution in [3.05, 3.63) is 38.9 Å². The van der Waals surface area contributed by atoms with Gasteiger partial charge < -0.3 is 5.32 Å². The van der Waals surface area contributed by atoms with Crippen molar-refractivity contribution in [1.29, 1.82) is 0 Å². The molecule has 0 atom stereocenters. The lowest BCUT2D eigenvalue weighted by Gasteiger charge is -2.08. The summed E-state index contributed by atoms with van der Waals surface area (Å²) in [7, 11) is 0. The summed E-state index contributed by atoms with van der Waals surface area (Å²) in [5.41, 5.74) is 0.653. The second-order valence-electron chi connectivity index (χ2n) is 5.06. The highest BCUT2D eigenvalue weighted by molar-refractivity contribution is 6.31. The van der Waals surface area contributed by atoms with Crippen LogP contribution in [0.15, 0.2) is 18.2 Å². The topological polar surface area (TPSA) is 55.2 Å². The van der Waals surface area contributed by atoms with Crippen LogP contribution in [0.2, 0.25) is 5.02 Å². The van der Waals surface area contributed by atoms with E-state index in [1.54, 1.807) is 12.1 Å². The second-order valence-corrected chi connectivity index (χ2v) is 5.47. The molecule has 0 saturated heterocycles. The van der Waals surface area contributed by atoms with E-state index in [0.717, 1.165) is 18.9 Å². The lowest BCUT2D eigenvalue weighted by atomic mass is 10.1. The standard InChI is InChI=1S/C14H21ClN2O2/c1-11(2)6-3-4-9-16-10-12-13(15)7-5-8-14(12)17(18)19/h5,7-8,11,16H,3-4,6,9-10H2,1-2H3. The van der Waals surface area contributed by atoms with Gasteiger partial charge in [0.25, 0.3) is 5.69 Å². The largest absolute Gasteiger partial charge is 0.312 e. The Bertz CT molecular complexity index is 422. The Morgan fingerprint density at radius 1 is 1.37 bits per heavy atom. The zero-order valence-electron chi connectivity index (χ0n) is 11.5. The van der Waals surface area contributed by atoms with E-state index in [1.165, 1.54) is 18.9 Å². The second kappa shape index (κ2) is 8.12. The van der Waals surface area contributed by atoms with Crippen molar-refractivity contribution in [1.82, 2.24) is 5.32 Å². The summed E-state index contributed by atoms with van der Waals surface area (Å²) in [5.74, 6) is 0.727. The zero-order chi connectivity index (χ0) is 14.3. The first-order chi connectivity index (χ1) is 9.02. The van der Waals surface area contributed by atoms with Gasteiger partial charge >= 0.3 is 0 Å². The van der Waals surface area contributed by atoms with Gasteiger partial charge in [0.2, 0.25) is 0 Å². The Hall–Kier alpha value is -1.13. The number of unbranched alkanes of at least 4 members (excludes halogenated alkanes) is 1. The molecule has 5 heteroatoms. The number of halogens is 1.